The first-order chi connectivity index (χ1) is 13.4. The summed E-state index contributed by atoms with van der Waals surface area (Å²) in [5, 5.41) is 12.9. The summed E-state index contributed by atoms with van der Waals surface area (Å²) in [5.41, 5.74) is 1.51. The molecule has 2 heterocycles. The summed E-state index contributed by atoms with van der Waals surface area (Å²) >= 11 is 4.25. The fourth-order valence-corrected chi connectivity index (χ4v) is 5.25. The Balaban J connectivity index is 0.000000166. The zero-order valence-corrected chi connectivity index (χ0v) is 21.5. The maximum Gasteiger partial charge on any atom is 0.175 e. The van der Waals surface area contributed by atoms with Gasteiger partial charge in [0, 0.05) is 30.3 Å². The van der Waals surface area contributed by atoms with Crippen LogP contribution in [0.3, 0.4) is 0 Å². The van der Waals surface area contributed by atoms with Crippen molar-refractivity contribution in [3.05, 3.63) is 43.8 Å². The summed E-state index contributed by atoms with van der Waals surface area (Å²) in [6.45, 7) is 0. The van der Waals surface area contributed by atoms with Gasteiger partial charge in [-0.3, -0.25) is 9.78 Å². The molecule has 0 aliphatic rings. The van der Waals surface area contributed by atoms with E-state index in [4.69, 9.17) is 0 Å². The number of nitrogens with one attached hydrogen (secondary N) is 1. The number of benzene rings is 2. The molecule has 4 aromatic rings. The normalized spacial score (nSPS) is 12.2. The standard InChI is InChI=1S/C9H9IN2O2S.C8H7IN2O2S/c1-12-8-5-6(15(2,13)14)3-4-7(8)9(10)11-12;1-14(12,13)5-2-3-6-7(4-5)10-11-8(6)9/h3-5H,1-2H3;2-4H,1H3,(H,10,11). The van der Waals surface area contributed by atoms with E-state index in [1.807, 2.05) is 0 Å². The molecule has 29 heavy (non-hydrogen) atoms. The Labute approximate surface area is 195 Å². The van der Waals surface area contributed by atoms with Crippen LogP contribution >= 0.6 is 45.2 Å². The van der Waals surface area contributed by atoms with E-state index in [9.17, 15) is 16.8 Å². The van der Waals surface area contributed by atoms with Crippen molar-refractivity contribution in [1.82, 2.24) is 20.0 Å². The van der Waals surface area contributed by atoms with Gasteiger partial charge in [0.2, 0.25) is 0 Å². The van der Waals surface area contributed by atoms with Gasteiger partial charge in [-0.15, -0.1) is 0 Å². The molecule has 0 aliphatic carbocycles. The second-order valence-electron chi connectivity index (χ2n) is 6.35. The lowest BCUT2D eigenvalue weighted by Gasteiger charge is -1.99. The SMILES string of the molecule is CS(=O)(=O)c1ccc2c(I)[nH]nc2c1.Cn1nc(I)c2ccc(S(C)(=O)=O)cc21. The smallest absolute Gasteiger partial charge is 0.175 e. The average Bonchev–Trinajstić information content (AvgIpc) is 3.14. The Kier molecular flexibility index (Phi) is 6.27. The maximum atomic E-state index is 11.4. The molecular weight excluding hydrogens is 642 g/mol. The predicted molar refractivity (Wildman–Crippen MR) is 128 cm³/mol. The molecule has 1 N–H and O–H groups in total. The lowest BCUT2D eigenvalue weighted by molar-refractivity contribution is 0.600. The lowest BCUT2D eigenvalue weighted by atomic mass is 10.2. The van der Waals surface area contributed by atoms with Gasteiger partial charge in [0.25, 0.3) is 0 Å². The molecule has 0 atom stereocenters. The van der Waals surface area contributed by atoms with Gasteiger partial charge < -0.3 is 0 Å². The van der Waals surface area contributed by atoms with Crippen molar-refractivity contribution in [2.75, 3.05) is 12.5 Å². The van der Waals surface area contributed by atoms with Gasteiger partial charge in [0.05, 0.1) is 20.8 Å². The highest BCUT2D eigenvalue weighted by Crippen LogP contribution is 2.23. The zero-order chi connectivity index (χ0) is 21.6. The van der Waals surface area contributed by atoms with Crippen LogP contribution in [0.5, 0.6) is 0 Å². The Morgan fingerprint density at radius 3 is 2.03 bits per heavy atom. The van der Waals surface area contributed by atoms with E-state index >= 15 is 0 Å². The van der Waals surface area contributed by atoms with Crippen LogP contribution in [-0.2, 0) is 26.7 Å². The van der Waals surface area contributed by atoms with E-state index in [1.54, 1.807) is 48.1 Å². The first kappa shape index (κ1) is 22.4. The highest BCUT2D eigenvalue weighted by molar-refractivity contribution is 14.1. The van der Waals surface area contributed by atoms with Gasteiger partial charge in [-0.25, -0.2) is 16.8 Å². The number of H-pyrrole nitrogens is 1. The first-order valence-corrected chi connectivity index (χ1v) is 14.0. The van der Waals surface area contributed by atoms with E-state index in [2.05, 4.69) is 60.5 Å². The van der Waals surface area contributed by atoms with Crippen molar-refractivity contribution >= 4 is 86.7 Å². The van der Waals surface area contributed by atoms with Crippen molar-refractivity contribution in [2.45, 2.75) is 9.79 Å². The number of aromatic amines is 1. The second kappa shape index (κ2) is 8.11. The number of halogens is 2. The summed E-state index contributed by atoms with van der Waals surface area (Å²) in [6, 6.07) is 9.98. The van der Waals surface area contributed by atoms with E-state index in [1.165, 1.54) is 12.5 Å². The van der Waals surface area contributed by atoms with E-state index < -0.39 is 19.7 Å². The van der Waals surface area contributed by atoms with Crippen LogP contribution in [0.4, 0.5) is 0 Å². The molecule has 4 rings (SSSR count). The summed E-state index contributed by atoms with van der Waals surface area (Å²) < 4.78 is 48.7. The van der Waals surface area contributed by atoms with Crippen LogP contribution in [-0.4, -0.2) is 49.3 Å². The number of hydrogen-bond donors (Lipinski definition) is 1. The molecule has 2 aromatic heterocycles. The van der Waals surface area contributed by atoms with E-state index in [-0.39, 0.29) is 0 Å². The molecule has 12 heteroatoms. The average molecular weight is 658 g/mol. The Hall–Kier alpha value is -1.26. The van der Waals surface area contributed by atoms with Crippen molar-refractivity contribution in [3.63, 3.8) is 0 Å². The number of aromatic nitrogens is 4. The first-order valence-electron chi connectivity index (χ1n) is 8.04. The molecule has 0 saturated carbocycles. The molecule has 0 spiro atoms. The second-order valence-corrected chi connectivity index (χ2v) is 12.5. The summed E-state index contributed by atoms with van der Waals surface area (Å²) in [7, 11) is -4.48. The third-order valence-electron chi connectivity index (χ3n) is 4.11. The monoisotopic (exact) mass is 658 g/mol. The van der Waals surface area contributed by atoms with Crippen LogP contribution in [0.15, 0.2) is 46.2 Å². The Morgan fingerprint density at radius 2 is 1.45 bits per heavy atom. The minimum Gasteiger partial charge on any atom is -0.271 e. The van der Waals surface area contributed by atoms with Crippen LogP contribution in [0.2, 0.25) is 0 Å². The summed E-state index contributed by atoms with van der Waals surface area (Å²) in [5.74, 6) is 0. The molecule has 0 aliphatic heterocycles. The van der Waals surface area contributed by atoms with Crippen molar-refractivity contribution < 1.29 is 16.8 Å². The molecule has 0 bridgehead atoms. The molecule has 0 fully saturated rings. The van der Waals surface area contributed by atoms with Gasteiger partial charge in [-0.2, -0.15) is 10.2 Å². The summed E-state index contributed by atoms with van der Waals surface area (Å²) in [4.78, 5) is 0.627. The fourth-order valence-electron chi connectivity index (χ4n) is 2.61. The number of sulfone groups is 2. The molecular formula is C17H16I2N4O4S2. The molecule has 0 radical (unpaired) electrons. The predicted octanol–water partition coefficient (Wildman–Crippen LogP) is 3.15. The van der Waals surface area contributed by atoms with Crippen LogP contribution in [0.25, 0.3) is 21.8 Å². The van der Waals surface area contributed by atoms with Gasteiger partial charge in [0.1, 0.15) is 7.40 Å². The number of rotatable bonds is 2. The maximum absolute atomic E-state index is 11.4. The molecule has 2 aromatic carbocycles. The third-order valence-corrected chi connectivity index (χ3v) is 7.95. The Bertz CT molecular complexity index is 1440. The van der Waals surface area contributed by atoms with Gasteiger partial charge >= 0.3 is 0 Å². The minimum atomic E-state index is -3.15. The number of nitrogens with zero attached hydrogens (tertiary/aromatic N) is 3. The van der Waals surface area contributed by atoms with Crippen molar-refractivity contribution in [3.8, 4) is 0 Å². The fraction of sp³-hybridized carbons (Fsp3) is 0.176. The van der Waals surface area contributed by atoms with Crippen molar-refractivity contribution in [1.29, 1.82) is 0 Å². The van der Waals surface area contributed by atoms with E-state index in [0.29, 0.717) is 15.3 Å². The van der Waals surface area contributed by atoms with Crippen molar-refractivity contribution in [2.24, 2.45) is 7.05 Å². The number of aryl methyl sites for hydroxylation is 1. The van der Waals surface area contributed by atoms with Crippen LogP contribution in [0, 0.1) is 7.40 Å². The van der Waals surface area contributed by atoms with Crippen LogP contribution < -0.4 is 0 Å². The number of fused-ring (bicyclic) bond motifs is 2. The zero-order valence-electron chi connectivity index (χ0n) is 15.5. The Morgan fingerprint density at radius 1 is 0.897 bits per heavy atom. The third kappa shape index (κ3) is 4.91. The van der Waals surface area contributed by atoms with Gasteiger partial charge in [-0.1, -0.05) is 0 Å². The van der Waals surface area contributed by atoms with Gasteiger partial charge in [0.15, 0.2) is 19.7 Å². The quantitative estimate of drug-likeness (QED) is 0.332. The highest BCUT2D eigenvalue weighted by atomic mass is 127. The largest absolute Gasteiger partial charge is 0.271 e. The lowest BCUT2D eigenvalue weighted by Crippen LogP contribution is -1.97. The summed E-state index contributed by atoms with van der Waals surface area (Å²) in [6.07, 6.45) is 2.39. The van der Waals surface area contributed by atoms with Gasteiger partial charge in [-0.05, 0) is 81.6 Å². The number of hydrogen-bond acceptors (Lipinski definition) is 6. The molecule has 0 saturated heterocycles. The van der Waals surface area contributed by atoms with E-state index in [0.717, 1.165) is 23.7 Å². The topological polar surface area (TPSA) is 115 Å². The molecule has 8 nitrogen and oxygen atoms in total. The molecule has 154 valence electrons. The van der Waals surface area contributed by atoms with Crippen LogP contribution in [0.1, 0.15) is 0 Å². The molecule has 0 unspecified atom stereocenters. The highest BCUT2D eigenvalue weighted by Gasteiger charge is 2.12. The minimum absolute atomic E-state index is 0.299. The molecule has 0 amide bonds.